The van der Waals surface area contributed by atoms with E-state index in [0.717, 1.165) is 5.56 Å². The van der Waals surface area contributed by atoms with Gasteiger partial charge in [0.25, 0.3) is 0 Å². The minimum Gasteiger partial charge on any atom is -0.303 e. The molecule has 2 unspecified atom stereocenters. The molecule has 4 nitrogen and oxygen atoms in total. The van der Waals surface area contributed by atoms with Crippen LogP contribution in [0, 0.1) is 0 Å². The van der Waals surface area contributed by atoms with E-state index in [-0.39, 0.29) is 17.8 Å². The molecule has 0 aromatic carbocycles. The summed E-state index contributed by atoms with van der Waals surface area (Å²) in [6.07, 6.45) is 5.20. The van der Waals surface area contributed by atoms with Crippen molar-refractivity contribution in [1.82, 2.24) is 10.3 Å². The Labute approximate surface area is 95.3 Å². The topological polar surface area (TPSA) is 59.1 Å². The summed E-state index contributed by atoms with van der Waals surface area (Å²) in [6, 6.07) is 3.84. The second kappa shape index (κ2) is 4.35. The van der Waals surface area contributed by atoms with Crippen molar-refractivity contribution >= 4 is 9.84 Å². The fourth-order valence-electron chi connectivity index (χ4n) is 1.73. The number of nitrogens with one attached hydrogen (secondary N) is 1. The fraction of sp³-hybridized carbons (Fsp3) is 0.364. The van der Waals surface area contributed by atoms with Crippen LogP contribution in [0.15, 0.2) is 36.0 Å². The van der Waals surface area contributed by atoms with Crippen LogP contribution in [0.25, 0.3) is 0 Å². The third-order valence-corrected chi connectivity index (χ3v) is 3.97. The van der Waals surface area contributed by atoms with Crippen molar-refractivity contribution in [2.24, 2.45) is 0 Å². The lowest BCUT2D eigenvalue weighted by Gasteiger charge is -2.17. The maximum absolute atomic E-state index is 11.2. The highest BCUT2D eigenvalue weighted by Crippen LogP contribution is 2.15. The fourth-order valence-corrected chi connectivity index (χ4v) is 2.98. The number of hydrogen-bond acceptors (Lipinski definition) is 4. The van der Waals surface area contributed by atoms with Crippen molar-refractivity contribution in [1.29, 1.82) is 0 Å². The van der Waals surface area contributed by atoms with Crippen LogP contribution in [-0.4, -0.2) is 25.2 Å². The van der Waals surface area contributed by atoms with Crippen molar-refractivity contribution in [3.05, 3.63) is 41.6 Å². The van der Waals surface area contributed by atoms with Gasteiger partial charge in [-0.2, -0.15) is 0 Å². The first-order valence-corrected chi connectivity index (χ1v) is 6.85. The summed E-state index contributed by atoms with van der Waals surface area (Å²) in [6.45, 7) is 2.00. The van der Waals surface area contributed by atoms with Crippen LogP contribution in [0.1, 0.15) is 18.5 Å². The highest BCUT2D eigenvalue weighted by molar-refractivity contribution is 7.94. The predicted molar refractivity (Wildman–Crippen MR) is 62.5 cm³/mol. The maximum Gasteiger partial charge on any atom is 0.173 e. The molecule has 2 rings (SSSR count). The number of pyridine rings is 1. The highest BCUT2D eigenvalue weighted by Gasteiger charge is 2.22. The zero-order chi connectivity index (χ0) is 11.6. The van der Waals surface area contributed by atoms with Gasteiger partial charge in [-0.15, -0.1) is 0 Å². The molecular formula is C11H14N2O2S. The van der Waals surface area contributed by atoms with E-state index in [1.807, 2.05) is 19.1 Å². The third kappa shape index (κ3) is 2.68. The van der Waals surface area contributed by atoms with Crippen LogP contribution in [0.2, 0.25) is 0 Å². The van der Waals surface area contributed by atoms with Gasteiger partial charge >= 0.3 is 0 Å². The van der Waals surface area contributed by atoms with Crippen molar-refractivity contribution in [3.63, 3.8) is 0 Å². The smallest absolute Gasteiger partial charge is 0.173 e. The normalized spacial score (nSPS) is 24.4. The summed E-state index contributed by atoms with van der Waals surface area (Å²) in [5.41, 5.74) is 1.06. The van der Waals surface area contributed by atoms with Gasteiger partial charge in [0, 0.05) is 29.9 Å². The lowest BCUT2D eigenvalue weighted by Crippen LogP contribution is -2.32. The summed E-state index contributed by atoms with van der Waals surface area (Å²) in [7, 11) is -2.98. The largest absolute Gasteiger partial charge is 0.303 e. The van der Waals surface area contributed by atoms with Crippen molar-refractivity contribution in [2.75, 3.05) is 5.75 Å². The molecule has 2 atom stereocenters. The Morgan fingerprint density at radius 1 is 1.56 bits per heavy atom. The zero-order valence-corrected chi connectivity index (χ0v) is 9.81. The molecule has 1 N–H and O–H groups in total. The van der Waals surface area contributed by atoms with Gasteiger partial charge in [0.2, 0.25) is 0 Å². The highest BCUT2D eigenvalue weighted by atomic mass is 32.2. The number of rotatable bonds is 3. The number of nitrogens with zero attached hydrogens (tertiary/aromatic N) is 1. The van der Waals surface area contributed by atoms with E-state index in [9.17, 15) is 8.42 Å². The molecule has 0 saturated carbocycles. The molecule has 0 radical (unpaired) electrons. The van der Waals surface area contributed by atoms with Gasteiger partial charge in [0.1, 0.15) is 0 Å². The molecule has 0 fully saturated rings. The molecule has 0 saturated heterocycles. The molecule has 16 heavy (non-hydrogen) atoms. The first kappa shape index (κ1) is 11.3. The van der Waals surface area contributed by atoms with E-state index in [2.05, 4.69) is 10.3 Å². The molecule has 0 spiro atoms. The average Bonchev–Trinajstić information content (AvgIpc) is 2.59. The molecule has 86 valence electrons. The Balaban J connectivity index is 2.00. The Bertz CT molecular complexity index is 482. The Hall–Kier alpha value is -1.20. The van der Waals surface area contributed by atoms with E-state index in [1.165, 1.54) is 5.41 Å². The molecule has 0 aliphatic carbocycles. The van der Waals surface area contributed by atoms with Crippen LogP contribution in [0.5, 0.6) is 0 Å². The SMILES string of the molecule is CC(NC1C=CS(=O)(=O)C1)c1cccnc1. The van der Waals surface area contributed by atoms with Crippen LogP contribution in [0.4, 0.5) is 0 Å². The molecule has 1 aromatic rings. The average molecular weight is 238 g/mol. The van der Waals surface area contributed by atoms with Gasteiger partial charge in [0.05, 0.1) is 5.75 Å². The van der Waals surface area contributed by atoms with Gasteiger partial charge in [-0.3, -0.25) is 4.98 Å². The summed E-state index contributed by atoms with van der Waals surface area (Å²) in [4.78, 5) is 4.03. The summed E-state index contributed by atoms with van der Waals surface area (Å²) in [5, 5.41) is 4.52. The molecule has 2 heterocycles. The van der Waals surface area contributed by atoms with E-state index < -0.39 is 9.84 Å². The lowest BCUT2D eigenvalue weighted by molar-refractivity contribution is 0.534. The monoisotopic (exact) mass is 238 g/mol. The van der Waals surface area contributed by atoms with Gasteiger partial charge in [0.15, 0.2) is 9.84 Å². The third-order valence-electron chi connectivity index (χ3n) is 2.58. The molecule has 1 aliphatic rings. The van der Waals surface area contributed by atoms with Crippen molar-refractivity contribution in [2.45, 2.75) is 19.0 Å². The molecule has 1 aromatic heterocycles. The molecule has 0 bridgehead atoms. The first-order valence-electron chi connectivity index (χ1n) is 5.14. The number of aromatic nitrogens is 1. The van der Waals surface area contributed by atoms with E-state index >= 15 is 0 Å². The zero-order valence-electron chi connectivity index (χ0n) is 9.00. The Morgan fingerprint density at radius 2 is 2.38 bits per heavy atom. The van der Waals surface area contributed by atoms with Crippen LogP contribution < -0.4 is 5.32 Å². The van der Waals surface area contributed by atoms with Crippen LogP contribution >= 0.6 is 0 Å². The lowest BCUT2D eigenvalue weighted by atomic mass is 10.1. The van der Waals surface area contributed by atoms with Crippen molar-refractivity contribution in [3.8, 4) is 0 Å². The first-order chi connectivity index (χ1) is 7.57. The van der Waals surface area contributed by atoms with Crippen LogP contribution in [0.3, 0.4) is 0 Å². The standard InChI is InChI=1S/C11H14N2O2S/c1-9(10-3-2-5-12-7-10)13-11-4-6-16(14,15)8-11/h2-7,9,11,13H,8H2,1H3. The Morgan fingerprint density at radius 3 is 2.94 bits per heavy atom. The maximum atomic E-state index is 11.2. The number of sulfone groups is 1. The second-order valence-electron chi connectivity index (χ2n) is 3.94. The van der Waals surface area contributed by atoms with Gasteiger partial charge < -0.3 is 5.32 Å². The van der Waals surface area contributed by atoms with Gasteiger partial charge in [-0.05, 0) is 18.6 Å². The second-order valence-corrected chi connectivity index (χ2v) is 5.87. The minimum atomic E-state index is -2.98. The molecular weight excluding hydrogens is 224 g/mol. The minimum absolute atomic E-state index is 0.0941. The van der Waals surface area contributed by atoms with Gasteiger partial charge in [-0.25, -0.2) is 8.42 Å². The molecule has 0 amide bonds. The van der Waals surface area contributed by atoms with E-state index in [1.54, 1.807) is 18.5 Å². The van der Waals surface area contributed by atoms with Crippen LogP contribution in [-0.2, 0) is 9.84 Å². The summed E-state index contributed by atoms with van der Waals surface area (Å²) in [5.74, 6) is 0.150. The van der Waals surface area contributed by atoms with Crippen molar-refractivity contribution < 1.29 is 8.42 Å². The Kier molecular flexibility index (Phi) is 3.07. The number of hydrogen-bond donors (Lipinski definition) is 1. The molecule has 1 aliphatic heterocycles. The summed E-state index contributed by atoms with van der Waals surface area (Å²) < 4.78 is 22.4. The molecule has 5 heteroatoms. The van der Waals surface area contributed by atoms with E-state index in [4.69, 9.17) is 0 Å². The van der Waals surface area contributed by atoms with Gasteiger partial charge in [-0.1, -0.05) is 12.1 Å². The predicted octanol–water partition coefficient (Wildman–Crippen LogP) is 1.04. The van der Waals surface area contributed by atoms with E-state index in [0.29, 0.717) is 0 Å². The quantitative estimate of drug-likeness (QED) is 0.855. The summed E-state index contributed by atoms with van der Waals surface area (Å²) >= 11 is 0.